The Morgan fingerprint density at radius 3 is 2.67 bits per heavy atom. The van der Waals surface area contributed by atoms with E-state index in [9.17, 15) is 0 Å². The Morgan fingerprint density at radius 2 is 2.06 bits per heavy atom. The van der Waals surface area contributed by atoms with E-state index >= 15 is 0 Å². The van der Waals surface area contributed by atoms with E-state index in [1.54, 1.807) is 0 Å². The fourth-order valence-electron chi connectivity index (χ4n) is 3.07. The molecule has 94 valence electrons. The van der Waals surface area contributed by atoms with Gasteiger partial charge in [-0.1, -0.05) is 43.2 Å². The first-order valence-corrected chi connectivity index (χ1v) is 7.16. The van der Waals surface area contributed by atoms with Crippen LogP contribution >= 0.6 is 0 Å². The summed E-state index contributed by atoms with van der Waals surface area (Å²) in [4.78, 5) is 2.61. The number of hydrogen-bond acceptors (Lipinski definition) is 1. The average molecular weight is 239 g/mol. The number of hydrogen-bond donors (Lipinski definition) is 0. The lowest BCUT2D eigenvalue weighted by atomic mass is 9.81. The van der Waals surface area contributed by atoms with Crippen molar-refractivity contribution in [3.63, 3.8) is 0 Å². The molecule has 1 saturated carbocycles. The molecule has 0 amide bonds. The second kappa shape index (κ2) is 4.78. The number of nitrogens with zero attached hydrogens (tertiary/aromatic N) is 1. The van der Waals surface area contributed by atoms with E-state index in [-0.39, 0.29) is 0 Å². The summed E-state index contributed by atoms with van der Waals surface area (Å²) in [5.74, 6) is 6.84. The summed E-state index contributed by atoms with van der Waals surface area (Å²) in [5, 5.41) is 0. The van der Waals surface area contributed by atoms with Crippen LogP contribution in [0.4, 0.5) is 0 Å². The van der Waals surface area contributed by atoms with E-state index in [0.29, 0.717) is 11.6 Å². The van der Waals surface area contributed by atoms with Gasteiger partial charge >= 0.3 is 0 Å². The zero-order valence-electron chi connectivity index (χ0n) is 11.2. The highest BCUT2D eigenvalue weighted by Crippen LogP contribution is 2.55. The molecule has 0 radical (unpaired) electrons. The predicted molar refractivity (Wildman–Crippen MR) is 75.0 cm³/mol. The van der Waals surface area contributed by atoms with Crippen LogP contribution in [0.5, 0.6) is 0 Å². The van der Waals surface area contributed by atoms with Crippen LogP contribution in [0.15, 0.2) is 30.3 Å². The van der Waals surface area contributed by atoms with Gasteiger partial charge in [-0.15, -0.1) is 5.92 Å². The molecule has 1 nitrogen and oxygen atoms in total. The highest BCUT2D eigenvalue weighted by molar-refractivity contribution is 5.34. The van der Waals surface area contributed by atoms with Gasteiger partial charge in [0.2, 0.25) is 0 Å². The van der Waals surface area contributed by atoms with Gasteiger partial charge in [0.25, 0.3) is 0 Å². The average Bonchev–Trinajstić information content (AvgIpc) is 2.99. The zero-order valence-corrected chi connectivity index (χ0v) is 11.2. The van der Waals surface area contributed by atoms with Gasteiger partial charge in [-0.05, 0) is 31.2 Å². The third-order valence-electron chi connectivity index (χ3n) is 4.35. The smallest absolute Gasteiger partial charge is 0.0909 e. The predicted octanol–water partition coefficient (Wildman–Crippen LogP) is 3.60. The maximum absolute atomic E-state index is 3.50. The van der Waals surface area contributed by atoms with E-state index in [4.69, 9.17) is 0 Å². The lowest BCUT2D eigenvalue weighted by Crippen LogP contribution is -2.28. The van der Waals surface area contributed by atoms with Crippen LogP contribution in [0.1, 0.15) is 44.6 Å². The lowest BCUT2D eigenvalue weighted by molar-refractivity contribution is 0.270. The van der Waals surface area contributed by atoms with Crippen molar-refractivity contribution in [3.8, 4) is 11.8 Å². The van der Waals surface area contributed by atoms with Crippen molar-refractivity contribution in [2.24, 2.45) is 0 Å². The minimum atomic E-state index is 0.469. The van der Waals surface area contributed by atoms with Crippen LogP contribution in [-0.4, -0.2) is 16.5 Å². The molecule has 2 unspecified atom stereocenters. The van der Waals surface area contributed by atoms with Crippen molar-refractivity contribution in [3.05, 3.63) is 35.9 Å². The van der Waals surface area contributed by atoms with E-state index < -0.39 is 0 Å². The molecule has 1 saturated heterocycles. The van der Waals surface area contributed by atoms with Gasteiger partial charge in [0.05, 0.1) is 6.04 Å². The number of benzene rings is 1. The summed E-state index contributed by atoms with van der Waals surface area (Å²) in [6.07, 6.45) is 6.31. The number of unbranched alkanes of at least 4 members (excludes halogenated alkanes) is 1. The normalized spacial score (nSPS) is 27.2. The Labute approximate surface area is 110 Å². The summed E-state index contributed by atoms with van der Waals surface area (Å²) < 4.78 is 0. The molecular formula is C17H21N. The Hall–Kier alpha value is -1.26. The third kappa shape index (κ3) is 1.95. The Balaban J connectivity index is 1.67. The SMILES string of the molecule is CCCC#CC1N(Cc2ccccc2)C12CCC2. The van der Waals surface area contributed by atoms with E-state index in [2.05, 4.69) is 54.0 Å². The second-order valence-corrected chi connectivity index (χ2v) is 5.54. The summed E-state index contributed by atoms with van der Waals surface area (Å²) in [6.45, 7) is 3.27. The lowest BCUT2D eigenvalue weighted by Gasteiger charge is -2.26. The van der Waals surface area contributed by atoms with Crippen molar-refractivity contribution in [1.82, 2.24) is 4.90 Å². The minimum Gasteiger partial charge on any atom is -0.276 e. The summed E-state index contributed by atoms with van der Waals surface area (Å²) in [5.41, 5.74) is 1.89. The molecule has 2 aliphatic rings. The molecule has 1 aromatic carbocycles. The summed E-state index contributed by atoms with van der Waals surface area (Å²) >= 11 is 0. The molecule has 0 bridgehead atoms. The van der Waals surface area contributed by atoms with Gasteiger partial charge in [0, 0.05) is 18.5 Å². The standard InChI is InChI=1S/C17H21N/c1-2-3-5-11-16-17(12-8-13-17)18(16)14-15-9-6-4-7-10-15/h4,6-7,9-10,16H,2-3,8,12-14H2,1H3. The fraction of sp³-hybridized carbons (Fsp3) is 0.529. The fourth-order valence-corrected chi connectivity index (χ4v) is 3.07. The molecule has 18 heavy (non-hydrogen) atoms. The van der Waals surface area contributed by atoms with Crippen LogP contribution in [0.3, 0.4) is 0 Å². The minimum absolute atomic E-state index is 0.469. The molecule has 1 spiro atoms. The molecule has 1 aromatic rings. The molecule has 1 aliphatic carbocycles. The summed E-state index contributed by atoms with van der Waals surface area (Å²) in [6, 6.07) is 11.3. The first-order valence-electron chi connectivity index (χ1n) is 7.16. The molecule has 0 N–H and O–H groups in total. The van der Waals surface area contributed by atoms with E-state index in [0.717, 1.165) is 13.0 Å². The molecule has 1 heteroatoms. The van der Waals surface area contributed by atoms with E-state index in [1.807, 2.05) is 0 Å². The second-order valence-electron chi connectivity index (χ2n) is 5.54. The van der Waals surface area contributed by atoms with Crippen LogP contribution in [0, 0.1) is 11.8 Å². The molecule has 1 heterocycles. The van der Waals surface area contributed by atoms with Gasteiger partial charge in [0.15, 0.2) is 0 Å². The Morgan fingerprint density at radius 1 is 1.28 bits per heavy atom. The first-order chi connectivity index (χ1) is 8.87. The quantitative estimate of drug-likeness (QED) is 0.575. The van der Waals surface area contributed by atoms with E-state index in [1.165, 1.54) is 31.2 Å². The van der Waals surface area contributed by atoms with Gasteiger partial charge in [-0.25, -0.2) is 0 Å². The van der Waals surface area contributed by atoms with Crippen LogP contribution < -0.4 is 0 Å². The van der Waals surface area contributed by atoms with Gasteiger partial charge in [0.1, 0.15) is 0 Å². The topological polar surface area (TPSA) is 3.01 Å². The van der Waals surface area contributed by atoms with Crippen LogP contribution in [-0.2, 0) is 6.54 Å². The molecule has 0 aromatic heterocycles. The van der Waals surface area contributed by atoms with Crippen molar-refractivity contribution in [2.45, 2.75) is 57.2 Å². The first kappa shape index (κ1) is 11.8. The van der Waals surface area contributed by atoms with Crippen molar-refractivity contribution < 1.29 is 0 Å². The molecule has 3 rings (SSSR count). The van der Waals surface area contributed by atoms with Crippen molar-refractivity contribution >= 4 is 0 Å². The van der Waals surface area contributed by atoms with Crippen LogP contribution in [0.2, 0.25) is 0 Å². The van der Waals surface area contributed by atoms with Gasteiger partial charge in [-0.2, -0.15) is 0 Å². The maximum Gasteiger partial charge on any atom is 0.0909 e. The number of rotatable bonds is 3. The largest absolute Gasteiger partial charge is 0.276 e. The highest BCUT2D eigenvalue weighted by Gasteiger charge is 2.64. The summed E-state index contributed by atoms with van der Waals surface area (Å²) in [7, 11) is 0. The Kier molecular flexibility index (Phi) is 3.14. The maximum atomic E-state index is 3.50. The molecule has 2 fully saturated rings. The highest BCUT2D eigenvalue weighted by atomic mass is 15.4. The third-order valence-corrected chi connectivity index (χ3v) is 4.35. The molecular weight excluding hydrogens is 218 g/mol. The molecule has 1 aliphatic heterocycles. The monoisotopic (exact) mass is 239 g/mol. The van der Waals surface area contributed by atoms with Gasteiger partial charge in [-0.3, -0.25) is 4.90 Å². The van der Waals surface area contributed by atoms with Crippen molar-refractivity contribution in [2.75, 3.05) is 0 Å². The van der Waals surface area contributed by atoms with Crippen molar-refractivity contribution in [1.29, 1.82) is 0 Å². The molecule has 2 atom stereocenters. The zero-order chi connectivity index (χ0) is 12.4. The Bertz CT molecular complexity index is 461. The van der Waals surface area contributed by atoms with Gasteiger partial charge < -0.3 is 0 Å². The van der Waals surface area contributed by atoms with Crippen LogP contribution in [0.25, 0.3) is 0 Å².